The van der Waals surface area contributed by atoms with Crippen molar-refractivity contribution in [1.29, 1.82) is 0 Å². The third kappa shape index (κ3) is 4.51. The predicted molar refractivity (Wildman–Crippen MR) is 120 cm³/mol. The molecule has 1 aliphatic carbocycles. The van der Waals surface area contributed by atoms with E-state index in [4.69, 9.17) is 11.6 Å². The Labute approximate surface area is 182 Å². The van der Waals surface area contributed by atoms with Crippen LogP contribution >= 0.6 is 23.4 Å². The molecule has 29 heavy (non-hydrogen) atoms. The van der Waals surface area contributed by atoms with Crippen molar-refractivity contribution in [2.24, 2.45) is 5.92 Å². The van der Waals surface area contributed by atoms with E-state index in [0.29, 0.717) is 16.2 Å². The normalized spacial score (nSPS) is 29.5. The first-order chi connectivity index (χ1) is 14.0. The number of likely N-dealkylation sites (tertiary alicyclic amines) is 1. The van der Waals surface area contributed by atoms with Gasteiger partial charge in [0.1, 0.15) is 0 Å². The van der Waals surface area contributed by atoms with Crippen LogP contribution in [0, 0.1) is 5.92 Å². The van der Waals surface area contributed by atoms with Crippen LogP contribution in [0.15, 0.2) is 29.2 Å². The average molecular weight is 433 g/mol. The highest BCUT2D eigenvalue weighted by molar-refractivity contribution is 8.04. The zero-order valence-electron chi connectivity index (χ0n) is 17.0. The van der Waals surface area contributed by atoms with Gasteiger partial charge >= 0.3 is 0 Å². The molecule has 2 aliphatic heterocycles. The lowest BCUT2D eigenvalue weighted by atomic mass is 9.83. The van der Waals surface area contributed by atoms with Gasteiger partial charge in [0.25, 0.3) is 5.91 Å². The number of carbonyl (C=O) groups is 2. The van der Waals surface area contributed by atoms with Gasteiger partial charge < -0.3 is 9.80 Å². The van der Waals surface area contributed by atoms with Crippen LogP contribution in [0.1, 0.15) is 50.5 Å². The van der Waals surface area contributed by atoms with Crippen LogP contribution in [0.2, 0.25) is 5.02 Å². The number of nitrogens with zero attached hydrogens (tertiary/aromatic N) is 2. The second kappa shape index (κ2) is 9.13. The van der Waals surface area contributed by atoms with E-state index in [-0.39, 0.29) is 17.9 Å². The standard InChI is InChI=1S/C23H29ClN2O2S/c1-25-19-14-17(22(27)26-12-6-2-3-7-13-26)10-11-20(19)29-21(23(25)28)15-16-8-4-5-9-18(16)24/h4-5,8-9,15,17,19-20H,2-3,6-7,10-14H2,1H3/b21-15-. The molecule has 2 saturated heterocycles. The molecule has 4 rings (SSSR count). The van der Waals surface area contributed by atoms with E-state index in [1.165, 1.54) is 12.8 Å². The number of benzene rings is 1. The molecule has 3 atom stereocenters. The number of rotatable bonds is 2. The fraction of sp³-hybridized carbons (Fsp3) is 0.565. The second-order valence-electron chi connectivity index (χ2n) is 8.42. The summed E-state index contributed by atoms with van der Waals surface area (Å²) in [6.07, 6.45) is 9.29. The fourth-order valence-corrected chi connectivity index (χ4v) is 6.47. The van der Waals surface area contributed by atoms with E-state index in [1.54, 1.807) is 11.8 Å². The molecule has 3 aliphatic rings. The Morgan fingerprint density at radius 1 is 1.14 bits per heavy atom. The first-order valence-corrected chi connectivity index (χ1v) is 12.0. The van der Waals surface area contributed by atoms with Gasteiger partial charge in [-0.15, -0.1) is 11.8 Å². The van der Waals surface area contributed by atoms with Crippen LogP contribution < -0.4 is 0 Å². The average Bonchev–Trinajstić information content (AvgIpc) is 3.02. The molecule has 2 amide bonds. The lowest BCUT2D eigenvalue weighted by molar-refractivity contribution is -0.139. The summed E-state index contributed by atoms with van der Waals surface area (Å²) in [4.78, 5) is 30.8. The van der Waals surface area contributed by atoms with Gasteiger partial charge in [0, 0.05) is 42.4 Å². The molecular formula is C23H29ClN2O2S. The molecule has 3 fully saturated rings. The van der Waals surface area contributed by atoms with Gasteiger partial charge in [0.15, 0.2) is 0 Å². The molecule has 1 saturated carbocycles. The summed E-state index contributed by atoms with van der Waals surface area (Å²) in [6, 6.07) is 7.74. The number of hydrogen-bond acceptors (Lipinski definition) is 3. The minimum Gasteiger partial charge on any atom is -0.342 e. The number of halogens is 1. The molecule has 156 valence electrons. The number of hydrogen-bond donors (Lipinski definition) is 0. The van der Waals surface area contributed by atoms with E-state index in [9.17, 15) is 9.59 Å². The van der Waals surface area contributed by atoms with E-state index in [2.05, 4.69) is 4.90 Å². The summed E-state index contributed by atoms with van der Waals surface area (Å²) in [6.45, 7) is 1.80. The molecule has 1 aromatic rings. The molecule has 2 heterocycles. The molecule has 6 heteroatoms. The third-order valence-corrected chi connectivity index (χ3v) is 8.26. The first-order valence-electron chi connectivity index (χ1n) is 10.7. The van der Waals surface area contributed by atoms with Crippen molar-refractivity contribution >= 4 is 41.3 Å². The topological polar surface area (TPSA) is 40.6 Å². The largest absolute Gasteiger partial charge is 0.342 e. The van der Waals surface area contributed by atoms with Crippen molar-refractivity contribution < 1.29 is 9.59 Å². The number of fused-ring (bicyclic) bond motifs is 1. The molecule has 4 nitrogen and oxygen atoms in total. The third-order valence-electron chi connectivity index (χ3n) is 6.52. The Balaban J connectivity index is 1.46. The molecule has 0 aromatic heterocycles. The lowest BCUT2D eigenvalue weighted by Crippen LogP contribution is -2.52. The number of carbonyl (C=O) groups excluding carboxylic acids is 2. The Morgan fingerprint density at radius 2 is 1.86 bits per heavy atom. The summed E-state index contributed by atoms with van der Waals surface area (Å²) in [5, 5.41) is 1.00. The Hall–Kier alpha value is -1.46. The van der Waals surface area contributed by atoms with Crippen LogP contribution in [0.25, 0.3) is 6.08 Å². The van der Waals surface area contributed by atoms with Crippen molar-refractivity contribution in [3.63, 3.8) is 0 Å². The van der Waals surface area contributed by atoms with Gasteiger partial charge in [0.05, 0.1) is 4.91 Å². The Morgan fingerprint density at radius 3 is 2.59 bits per heavy atom. The van der Waals surface area contributed by atoms with E-state index >= 15 is 0 Å². The zero-order chi connectivity index (χ0) is 20.4. The molecule has 0 spiro atoms. The molecule has 0 radical (unpaired) electrons. The molecular weight excluding hydrogens is 404 g/mol. The number of likely N-dealkylation sites (N-methyl/N-ethyl adjacent to an activating group) is 1. The minimum atomic E-state index is 0.0408. The smallest absolute Gasteiger partial charge is 0.260 e. The highest BCUT2D eigenvalue weighted by atomic mass is 35.5. The predicted octanol–water partition coefficient (Wildman–Crippen LogP) is 4.83. The fourth-order valence-electron chi connectivity index (χ4n) is 4.80. The Bertz CT molecular complexity index is 804. The molecule has 1 aromatic carbocycles. The van der Waals surface area contributed by atoms with E-state index in [0.717, 1.165) is 55.7 Å². The molecule has 0 N–H and O–H groups in total. The van der Waals surface area contributed by atoms with Gasteiger partial charge in [-0.3, -0.25) is 9.59 Å². The van der Waals surface area contributed by atoms with Crippen molar-refractivity contribution in [2.45, 2.75) is 56.2 Å². The van der Waals surface area contributed by atoms with Gasteiger partial charge in [-0.2, -0.15) is 0 Å². The molecule has 0 bridgehead atoms. The summed E-state index contributed by atoms with van der Waals surface area (Å²) in [5.41, 5.74) is 0.877. The minimum absolute atomic E-state index is 0.0408. The maximum atomic E-state index is 13.1. The molecule has 3 unspecified atom stereocenters. The van der Waals surface area contributed by atoms with E-state index < -0.39 is 0 Å². The van der Waals surface area contributed by atoms with Crippen LogP contribution in [-0.2, 0) is 9.59 Å². The second-order valence-corrected chi connectivity index (χ2v) is 10.1. The van der Waals surface area contributed by atoms with Crippen molar-refractivity contribution in [2.75, 3.05) is 20.1 Å². The highest BCUT2D eigenvalue weighted by Gasteiger charge is 2.43. The van der Waals surface area contributed by atoms with E-state index in [1.807, 2.05) is 42.3 Å². The SMILES string of the molecule is CN1C(=O)/C(=C/c2ccccc2Cl)SC2CCC(C(=O)N3CCCCCC3)CC21. The number of amides is 2. The first kappa shape index (κ1) is 20.8. The van der Waals surface area contributed by atoms with Crippen molar-refractivity contribution in [1.82, 2.24) is 9.80 Å². The maximum absolute atomic E-state index is 13.1. The van der Waals surface area contributed by atoms with Gasteiger partial charge in [-0.25, -0.2) is 0 Å². The monoisotopic (exact) mass is 432 g/mol. The number of thioether (sulfide) groups is 1. The van der Waals surface area contributed by atoms with Crippen LogP contribution in [-0.4, -0.2) is 53.0 Å². The van der Waals surface area contributed by atoms with Gasteiger partial charge in [0.2, 0.25) is 5.91 Å². The van der Waals surface area contributed by atoms with Crippen molar-refractivity contribution in [3.05, 3.63) is 39.8 Å². The van der Waals surface area contributed by atoms with Crippen LogP contribution in [0.5, 0.6) is 0 Å². The highest BCUT2D eigenvalue weighted by Crippen LogP contribution is 2.44. The van der Waals surface area contributed by atoms with Crippen molar-refractivity contribution in [3.8, 4) is 0 Å². The summed E-state index contributed by atoms with van der Waals surface area (Å²) < 4.78 is 0. The Kier molecular flexibility index (Phi) is 6.55. The maximum Gasteiger partial charge on any atom is 0.260 e. The van der Waals surface area contributed by atoms with Gasteiger partial charge in [-0.05, 0) is 49.8 Å². The quantitative estimate of drug-likeness (QED) is 0.628. The summed E-state index contributed by atoms with van der Waals surface area (Å²) >= 11 is 7.95. The summed E-state index contributed by atoms with van der Waals surface area (Å²) in [5.74, 6) is 0.409. The summed E-state index contributed by atoms with van der Waals surface area (Å²) in [7, 11) is 1.89. The van der Waals surface area contributed by atoms with Crippen LogP contribution in [0.3, 0.4) is 0 Å². The lowest BCUT2D eigenvalue weighted by Gasteiger charge is -2.45. The van der Waals surface area contributed by atoms with Gasteiger partial charge in [-0.1, -0.05) is 42.6 Å². The zero-order valence-corrected chi connectivity index (χ0v) is 18.6. The van der Waals surface area contributed by atoms with Crippen LogP contribution in [0.4, 0.5) is 0 Å².